The SMILES string of the molecule is COCC(=O)N(C1CCOCC1)C1CCCN(C(=O)c2ccc(OC)cc2C)C1. The summed E-state index contributed by atoms with van der Waals surface area (Å²) >= 11 is 0. The van der Waals surface area contributed by atoms with Crippen molar-refractivity contribution in [2.45, 2.75) is 44.7 Å². The number of likely N-dealkylation sites (tertiary alicyclic amines) is 1. The van der Waals surface area contributed by atoms with E-state index in [0.717, 1.165) is 37.0 Å². The highest BCUT2D eigenvalue weighted by Gasteiger charge is 2.35. The third-order valence-corrected chi connectivity index (χ3v) is 5.88. The Morgan fingerprint density at radius 1 is 1.17 bits per heavy atom. The molecule has 1 aromatic carbocycles. The number of ether oxygens (including phenoxy) is 3. The molecular formula is C22H32N2O5. The molecule has 0 aromatic heterocycles. The maximum Gasteiger partial charge on any atom is 0.254 e. The van der Waals surface area contributed by atoms with Gasteiger partial charge >= 0.3 is 0 Å². The summed E-state index contributed by atoms with van der Waals surface area (Å²) in [5, 5.41) is 0. The Kier molecular flexibility index (Phi) is 7.50. The lowest BCUT2D eigenvalue weighted by atomic mass is 9.97. The van der Waals surface area contributed by atoms with Crippen LogP contribution in [0.4, 0.5) is 0 Å². The lowest BCUT2D eigenvalue weighted by Gasteiger charge is -2.44. The van der Waals surface area contributed by atoms with Crippen molar-refractivity contribution in [3.05, 3.63) is 29.3 Å². The van der Waals surface area contributed by atoms with Crippen LogP contribution in [0.15, 0.2) is 18.2 Å². The van der Waals surface area contributed by atoms with E-state index in [0.29, 0.717) is 31.9 Å². The van der Waals surface area contributed by atoms with Crippen LogP contribution in [0.2, 0.25) is 0 Å². The molecule has 1 unspecified atom stereocenters. The molecule has 2 fully saturated rings. The third kappa shape index (κ3) is 5.08. The summed E-state index contributed by atoms with van der Waals surface area (Å²) < 4.78 is 15.9. The molecule has 0 bridgehead atoms. The van der Waals surface area contributed by atoms with E-state index in [-0.39, 0.29) is 30.5 Å². The van der Waals surface area contributed by atoms with Crippen molar-refractivity contribution in [1.82, 2.24) is 9.80 Å². The predicted octanol–water partition coefficient (Wildman–Crippen LogP) is 2.26. The molecule has 0 aliphatic carbocycles. The van der Waals surface area contributed by atoms with E-state index in [1.807, 2.05) is 34.9 Å². The molecule has 1 atom stereocenters. The Labute approximate surface area is 172 Å². The first kappa shape index (κ1) is 21.6. The molecule has 1 aromatic rings. The Bertz CT molecular complexity index is 717. The Morgan fingerprint density at radius 2 is 1.93 bits per heavy atom. The van der Waals surface area contributed by atoms with Gasteiger partial charge in [-0.15, -0.1) is 0 Å². The average molecular weight is 405 g/mol. The molecule has 7 heteroatoms. The van der Waals surface area contributed by atoms with Gasteiger partial charge in [0.15, 0.2) is 0 Å². The maximum atomic E-state index is 13.2. The summed E-state index contributed by atoms with van der Waals surface area (Å²) in [5.74, 6) is 0.756. The van der Waals surface area contributed by atoms with Crippen molar-refractivity contribution in [2.75, 3.05) is 47.1 Å². The second kappa shape index (κ2) is 10.1. The minimum Gasteiger partial charge on any atom is -0.497 e. The van der Waals surface area contributed by atoms with Crippen molar-refractivity contribution in [1.29, 1.82) is 0 Å². The quantitative estimate of drug-likeness (QED) is 0.728. The van der Waals surface area contributed by atoms with E-state index in [1.54, 1.807) is 14.2 Å². The number of hydrogen-bond donors (Lipinski definition) is 0. The van der Waals surface area contributed by atoms with Crippen LogP contribution in [0.3, 0.4) is 0 Å². The normalized spacial score (nSPS) is 20.4. The summed E-state index contributed by atoms with van der Waals surface area (Å²) in [7, 11) is 3.16. The van der Waals surface area contributed by atoms with Gasteiger partial charge in [0, 0.05) is 51.1 Å². The molecule has 2 heterocycles. The fourth-order valence-corrected chi connectivity index (χ4v) is 4.41. The topological polar surface area (TPSA) is 68.3 Å². The third-order valence-electron chi connectivity index (χ3n) is 5.88. The van der Waals surface area contributed by atoms with Gasteiger partial charge in [-0.1, -0.05) is 0 Å². The van der Waals surface area contributed by atoms with Gasteiger partial charge in [0.1, 0.15) is 12.4 Å². The number of benzene rings is 1. The Morgan fingerprint density at radius 3 is 2.59 bits per heavy atom. The lowest BCUT2D eigenvalue weighted by molar-refractivity contribution is -0.143. The first-order valence-corrected chi connectivity index (χ1v) is 10.4. The number of carbonyl (C=O) groups excluding carboxylic acids is 2. The van der Waals surface area contributed by atoms with Gasteiger partial charge < -0.3 is 24.0 Å². The minimum atomic E-state index is -0.000623. The van der Waals surface area contributed by atoms with Crippen LogP contribution in [-0.2, 0) is 14.3 Å². The summed E-state index contributed by atoms with van der Waals surface area (Å²) in [6.45, 7) is 4.59. The molecular weight excluding hydrogens is 372 g/mol. The van der Waals surface area contributed by atoms with Crippen molar-refractivity contribution in [3.63, 3.8) is 0 Å². The predicted molar refractivity (Wildman–Crippen MR) is 109 cm³/mol. The molecule has 0 spiro atoms. The molecule has 3 rings (SSSR count). The smallest absolute Gasteiger partial charge is 0.254 e. The summed E-state index contributed by atoms with van der Waals surface area (Å²) in [5.41, 5.74) is 1.58. The largest absolute Gasteiger partial charge is 0.497 e. The summed E-state index contributed by atoms with van der Waals surface area (Å²) in [4.78, 5) is 29.9. The van der Waals surface area contributed by atoms with E-state index in [9.17, 15) is 9.59 Å². The second-order valence-electron chi connectivity index (χ2n) is 7.81. The van der Waals surface area contributed by atoms with Gasteiger partial charge in [-0.05, 0) is 56.4 Å². The number of rotatable bonds is 6. The molecule has 0 N–H and O–H groups in total. The fraction of sp³-hybridized carbons (Fsp3) is 0.636. The van der Waals surface area contributed by atoms with Crippen molar-refractivity contribution < 1.29 is 23.8 Å². The van der Waals surface area contributed by atoms with Crippen molar-refractivity contribution in [2.24, 2.45) is 0 Å². The van der Waals surface area contributed by atoms with E-state index in [1.165, 1.54) is 0 Å². The van der Waals surface area contributed by atoms with Gasteiger partial charge in [0.05, 0.1) is 7.11 Å². The Hall–Kier alpha value is -2.12. The number of piperidine rings is 1. The van der Waals surface area contributed by atoms with Crippen LogP contribution in [0.5, 0.6) is 5.75 Å². The van der Waals surface area contributed by atoms with Crippen molar-refractivity contribution in [3.8, 4) is 5.75 Å². The molecule has 2 amide bonds. The van der Waals surface area contributed by atoms with Gasteiger partial charge in [-0.2, -0.15) is 0 Å². The van der Waals surface area contributed by atoms with Gasteiger partial charge in [-0.25, -0.2) is 0 Å². The highest BCUT2D eigenvalue weighted by atomic mass is 16.5. The second-order valence-corrected chi connectivity index (χ2v) is 7.81. The van der Waals surface area contributed by atoms with Crippen LogP contribution < -0.4 is 4.74 Å². The Balaban J connectivity index is 1.76. The van der Waals surface area contributed by atoms with Gasteiger partial charge in [-0.3, -0.25) is 9.59 Å². The summed E-state index contributed by atoms with van der Waals surface area (Å²) in [6.07, 6.45) is 3.44. The first-order valence-electron chi connectivity index (χ1n) is 10.4. The monoisotopic (exact) mass is 404 g/mol. The first-order chi connectivity index (χ1) is 14.0. The standard InChI is InChI=1S/C22H32N2O5/c1-16-13-19(28-3)6-7-20(16)22(26)23-10-4-5-18(14-23)24(21(25)15-27-2)17-8-11-29-12-9-17/h6-7,13,17-18H,4-5,8-12,14-15H2,1-3H3. The highest BCUT2D eigenvalue weighted by molar-refractivity contribution is 5.96. The summed E-state index contributed by atoms with van der Waals surface area (Å²) in [6, 6.07) is 5.68. The minimum absolute atomic E-state index is 0.000623. The lowest BCUT2D eigenvalue weighted by Crippen LogP contribution is -2.56. The molecule has 0 saturated carbocycles. The number of nitrogens with zero attached hydrogens (tertiary/aromatic N) is 2. The van der Waals surface area contributed by atoms with E-state index >= 15 is 0 Å². The molecule has 2 aliphatic heterocycles. The zero-order chi connectivity index (χ0) is 20.8. The van der Waals surface area contributed by atoms with Gasteiger partial charge in [0.2, 0.25) is 5.91 Å². The maximum absolute atomic E-state index is 13.2. The van der Waals surface area contributed by atoms with E-state index < -0.39 is 0 Å². The van der Waals surface area contributed by atoms with E-state index in [2.05, 4.69) is 0 Å². The number of hydrogen-bond acceptors (Lipinski definition) is 5. The van der Waals surface area contributed by atoms with E-state index in [4.69, 9.17) is 14.2 Å². The molecule has 2 aliphatic rings. The molecule has 7 nitrogen and oxygen atoms in total. The number of aryl methyl sites for hydroxylation is 1. The number of methoxy groups -OCH3 is 2. The average Bonchev–Trinajstić information content (AvgIpc) is 2.74. The molecule has 0 radical (unpaired) electrons. The molecule has 2 saturated heterocycles. The fourth-order valence-electron chi connectivity index (χ4n) is 4.41. The van der Waals surface area contributed by atoms with Crippen LogP contribution in [0.1, 0.15) is 41.6 Å². The van der Waals surface area contributed by atoms with Gasteiger partial charge in [0.25, 0.3) is 5.91 Å². The molecule has 29 heavy (non-hydrogen) atoms. The zero-order valence-electron chi connectivity index (χ0n) is 17.7. The van der Waals surface area contributed by atoms with Crippen LogP contribution in [0, 0.1) is 6.92 Å². The zero-order valence-corrected chi connectivity index (χ0v) is 17.7. The van der Waals surface area contributed by atoms with Crippen molar-refractivity contribution >= 4 is 11.8 Å². The highest BCUT2D eigenvalue weighted by Crippen LogP contribution is 2.26. The van der Waals surface area contributed by atoms with Crippen LogP contribution in [0.25, 0.3) is 0 Å². The molecule has 160 valence electrons. The number of carbonyl (C=O) groups is 2. The number of amides is 2. The van der Waals surface area contributed by atoms with Crippen LogP contribution in [-0.4, -0.2) is 80.8 Å². The van der Waals surface area contributed by atoms with Crippen LogP contribution >= 0.6 is 0 Å².